The van der Waals surface area contributed by atoms with Gasteiger partial charge in [0.2, 0.25) is 0 Å². The van der Waals surface area contributed by atoms with E-state index in [2.05, 4.69) is 161 Å². The summed E-state index contributed by atoms with van der Waals surface area (Å²) in [4.78, 5) is 0. The molecule has 144 valence electrons. The average molecular weight is 652 g/mol. The monoisotopic (exact) mass is 648 g/mol. The van der Waals surface area contributed by atoms with E-state index >= 15 is 0 Å². The summed E-state index contributed by atoms with van der Waals surface area (Å²) in [5.41, 5.74) is 0. The Morgan fingerprint density at radius 1 is 0.448 bits per heavy atom. The molecule has 0 heterocycles. The van der Waals surface area contributed by atoms with Crippen molar-refractivity contribution < 1.29 is 0 Å². The Hall–Kier alpha value is -0.983. The molecule has 29 heavy (non-hydrogen) atoms. The van der Waals surface area contributed by atoms with E-state index in [1.54, 1.807) is 0 Å². The summed E-state index contributed by atoms with van der Waals surface area (Å²) >= 11 is 15.2. The molecular formula is C24H16Br4Si. The van der Waals surface area contributed by atoms with Gasteiger partial charge in [0.05, 0.1) is 0 Å². The Morgan fingerprint density at radius 3 is 1.21 bits per heavy atom. The zero-order valence-corrected chi connectivity index (χ0v) is 22.6. The first-order valence-corrected chi connectivity index (χ1v) is 14.2. The van der Waals surface area contributed by atoms with E-state index < -0.39 is 8.07 Å². The largest absolute Gasteiger partial charge is 0.180 e. The predicted molar refractivity (Wildman–Crippen MR) is 141 cm³/mol. The third-order valence-electron chi connectivity index (χ3n) is 5.13. The van der Waals surface area contributed by atoms with Crippen molar-refractivity contribution in [3.8, 4) is 0 Å². The smallest absolute Gasteiger partial charge is 0.0623 e. The standard InChI is InChI=1S/C24H16Br4Si/c25-20-16-21(23(27)24(28)22(20)26)29(17-10-4-1-5-11-17,18-12-6-2-7-13-18)19-14-8-3-9-15-19/h1-16H. The van der Waals surface area contributed by atoms with Crippen LogP contribution in [0.1, 0.15) is 0 Å². The number of benzene rings is 4. The second-order valence-corrected chi connectivity index (χ2v) is 13.7. The molecule has 0 N–H and O–H groups in total. The molecule has 0 nitrogen and oxygen atoms in total. The molecule has 0 aliphatic heterocycles. The third-order valence-corrected chi connectivity index (χ3v) is 15.0. The highest BCUT2D eigenvalue weighted by Crippen LogP contribution is 2.36. The van der Waals surface area contributed by atoms with Gasteiger partial charge in [0.25, 0.3) is 0 Å². The number of hydrogen-bond donors (Lipinski definition) is 0. The normalized spacial score (nSPS) is 11.4. The molecule has 0 atom stereocenters. The van der Waals surface area contributed by atoms with E-state index in [0.29, 0.717) is 0 Å². The van der Waals surface area contributed by atoms with Gasteiger partial charge in [0.15, 0.2) is 8.07 Å². The summed E-state index contributed by atoms with van der Waals surface area (Å²) in [6, 6.07) is 34.9. The van der Waals surface area contributed by atoms with Crippen LogP contribution in [0.25, 0.3) is 0 Å². The highest BCUT2D eigenvalue weighted by Gasteiger charge is 2.43. The van der Waals surface area contributed by atoms with E-state index in [4.69, 9.17) is 0 Å². The molecule has 0 bridgehead atoms. The van der Waals surface area contributed by atoms with Gasteiger partial charge in [-0.25, -0.2) is 0 Å². The molecule has 5 heteroatoms. The molecule has 0 aliphatic carbocycles. The molecule has 0 saturated heterocycles. The zero-order valence-electron chi connectivity index (χ0n) is 15.2. The molecule has 0 radical (unpaired) electrons. The van der Waals surface area contributed by atoms with Crippen molar-refractivity contribution in [3.63, 3.8) is 0 Å². The van der Waals surface area contributed by atoms with Gasteiger partial charge in [0, 0.05) is 17.9 Å². The van der Waals surface area contributed by atoms with Crippen molar-refractivity contribution in [1.29, 1.82) is 0 Å². The van der Waals surface area contributed by atoms with Crippen molar-refractivity contribution in [2.24, 2.45) is 0 Å². The van der Waals surface area contributed by atoms with Crippen LogP contribution in [-0.4, -0.2) is 8.07 Å². The Labute approximate surface area is 205 Å². The maximum absolute atomic E-state index is 3.93. The van der Waals surface area contributed by atoms with Gasteiger partial charge in [0.1, 0.15) is 0 Å². The van der Waals surface area contributed by atoms with Gasteiger partial charge in [-0.2, -0.15) is 0 Å². The molecule has 0 aromatic heterocycles. The Bertz CT molecular complexity index is 1030. The van der Waals surface area contributed by atoms with Crippen LogP contribution in [0.4, 0.5) is 0 Å². The van der Waals surface area contributed by atoms with Gasteiger partial charge >= 0.3 is 0 Å². The predicted octanol–water partition coefficient (Wildman–Crippen LogP) is 6.11. The fourth-order valence-electron chi connectivity index (χ4n) is 3.88. The van der Waals surface area contributed by atoms with Crippen molar-refractivity contribution >= 4 is 92.5 Å². The molecule has 0 spiro atoms. The lowest BCUT2D eigenvalue weighted by molar-refractivity contribution is 1.52. The Kier molecular flexibility index (Phi) is 6.61. The number of rotatable bonds is 4. The topological polar surface area (TPSA) is 0 Å². The van der Waals surface area contributed by atoms with Crippen molar-refractivity contribution in [2.75, 3.05) is 0 Å². The van der Waals surface area contributed by atoms with E-state index in [0.717, 1.165) is 17.9 Å². The van der Waals surface area contributed by atoms with E-state index in [1.165, 1.54) is 20.7 Å². The van der Waals surface area contributed by atoms with Crippen LogP contribution >= 0.6 is 63.7 Å². The summed E-state index contributed by atoms with van der Waals surface area (Å²) in [7, 11) is -2.56. The lowest BCUT2D eigenvalue weighted by Crippen LogP contribution is -2.75. The minimum atomic E-state index is -2.56. The van der Waals surface area contributed by atoms with Crippen LogP contribution in [0.5, 0.6) is 0 Å². The molecule has 4 aromatic rings. The molecule has 4 aromatic carbocycles. The average Bonchev–Trinajstić information content (AvgIpc) is 2.78. The summed E-state index contributed by atoms with van der Waals surface area (Å²) in [5.74, 6) is 0. The Balaban J connectivity index is 2.22. The lowest BCUT2D eigenvalue weighted by atomic mass is 10.3. The maximum atomic E-state index is 3.93. The molecule has 0 amide bonds. The maximum Gasteiger partial charge on any atom is 0.180 e. The minimum Gasteiger partial charge on any atom is -0.0623 e. The number of hydrogen-bond acceptors (Lipinski definition) is 0. The molecule has 0 saturated carbocycles. The first-order chi connectivity index (χ1) is 14.1. The summed E-state index contributed by atoms with van der Waals surface area (Å²) in [6.45, 7) is 0. The van der Waals surface area contributed by atoms with Crippen LogP contribution in [0, 0.1) is 0 Å². The fourth-order valence-corrected chi connectivity index (χ4v) is 12.0. The van der Waals surface area contributed by atoms with Gasteiger partial charge in [-0.05, 0) is 90.5 Å². The van der Waals surface area contributed by atoms with Crippen molar-refractivity contribution in [3.05, 3.63) is 115 Å². The van der Waals surface area contributed by atoms with Gasteiger partial charge in [-0.15, -0.1) is 0 Å². The molecule has 4 rings (SSSR count). The number of halogens is 4. The Morgan fingerprint density at radius 2 is 0.828 bits per heavy atom. The van der Waals surface area contributed by atoms with Crippen LogP contribution in [0.2, 0.25) is 0 Å². The lowest BCUT2D eigenvalue weighted by Gasteiger charge is -2.35. The second kappa shape index (κ2) is 9.02. The highest BCUT2D eigenvalue weighted by molar-refractivity contribution is 9.15. The SMILES string of the molecule is Brc1cc([Si](c2ccccc2)(c2ccccc2)c2ccccc2)c(Br)c(Br)c1Br. The summed E-state index contributed by atoms with van der Waals surface area (Å²) in [6.07, 6.45) is 0. The minimum absolute atomic E-state index is 1.00. The molecule has 0 unspecified atom stereocenters. The third kappa shape index (κ3) is 3.76. The van der Waals surface area contributed by atoms with Gasteiger partial charge < -0.3 is 0 Å². The molecule has 0 aliphatic rings. The van der Waals surface area contributed by atoms with Crippen molar-refractivity contribution in [2.45, 2.75) is 0 Å². The van der Waals surface area contributed by atoms with Gasteiger partial charge in [-0.3, -0.25) is 0 Å². The molecule has 0 fully saturated rings. The zero-order chi connectivity index (χ0) is 20.4. The van der Waals surface area contributed by atoms with E-state index in [-0.39, 0.29) is 0 Å². The van der Waals surface area contributed by atoms with E-state index in [1.807, 2.05) is 0 Å². The summed E-state index contributed by atoms with van der Waals surface area (Å²) in [5, 5.41) is 5.33. The van der Waals surface area contributed by atoms with Crippen LogP contribution in [-0.2, 0) is 0 Å². The van der Waals surface area contributed by atoms with E-state index in [9.17, 15) is 0 Å². The van der Waals surface area contributed by atoms with Crippen molar-refractivity contribution in [1.82, 2.24) is 0 Å². The first-order valence-electron chi connectivity index (χ1n) is 9.07. The second-order valence-electron chi connectivity index (χ2n) is 6.70. The van der Waals surface area contributed by atoms with Crippen LogP contribution in [0.15, 0.2) is 115 Å². The quantitative estimate of drug-likeness (QED) is 0.108. The highest BCUT2D eigenvalue weighted by atomic mass is 79.9. The molecular weight excluding hydrogens is 636 g/mol. The van der Waals surface area contributed by atoms with Crippen LogP contribution < -0.4 is 20.7 Å². The fraction of sp³-hybridized carbons (Fsp3) is 0. The summed E-state index contributed by atoms with van der Waals surface area (Å²) < 4.78 is 4.13. The first kappa shape index (κ1) is 21.3. The van der Waals surface area contributed by atoms with Crippen LogP contribution in [0.3, 0.4) is 0 Å². The van der Waals surface area contributed by atoms with Gasteiger partial charge in [-0.1, -0.05) is 91.0 Å².